The summed E-state index contributed by atoms with van der Waals surface area (Å²) in [6.07, 6.45) is 0.928. The van der Waals surface area contributed by atoms with Gasteiger partial charge in [0.2, 0.25) is 5.91 Å². The molecule has 5 nitrogen and oxygen atoms in total. The summed E-state index contributed by atoms with van der Waals surface area (Å²) < 4.78 is 10.5. The zero-order valence-corrected chi connectivity index (χ0v) is 13.9. The van der Waals surface area contributed by atoms with Gasteiger partial charge in [0, 0.05) is 33.4 Å². The number of hydrogen-bond acceptors (Lipinski definition) is 4. The SMILES string of the molecule is CCOCc1ccccc1CNC(=O)CN(C)CCCOC. The molecule has 1 N–H and O–H groups in total. The van der Waals surface area contributed by atoms with Crippen molar-refractivity contribution in [2.75, 3.05) is 40.5 Å². The normalized spacial score (nSPS) is 10.9. The summed E-state index contributed by atoms with van der Waals surface area (Å²) >= 11 is 0. The number of hydrogen-bond donors (Lipinski definition) is 1. The summed E-state index contributed by atoms with van der Waals surface area (Å²) in [7, 11) is 3.63. The number of carbonyl (C=O) groups excluding carboxylic acids is 1. The van der Waals surface area contributed by atoms with Crippen LogP contribution in [0, 0.1) is 0 Å². The van der Waals surface area contributed by atoms with Crippen molar-refractivity contribution in [3.63, 3.8) is 0 Å². The van der Waals surface area contributed by atoms with Crippen molar-refractivity contribution < 1.29 is 14.3 Å². The molecule has 1 rings (SSSR count). The predicted molar refractivity (Wildman–Crippen MR) is 87.6 cm³/mol. The van der Waals surface area contributed by atoms with Crippen LogP contribution in [-0.2, 0) is 27.4 Å². The topological polar surface area (TPSA) is 50.8 Å². The minimum absolute atomic E-state index is 0.0335. The maximum absolute atomic E-state index is 12.0. The molecule has 0 saturated heterocycles. The first-order valence-electron chi connectivity index (χ1n) is 7.76. The molecule has 0 heterocycles. The summed E-state index contributed by atoms with van der Waals surface area (Å²) in [5.74, 6) is 0.0335. The molecule has 0 atom stereocenters. The highest BCUT2D eigenvalue weighted by Gasteiger charge is 2.07. The van der Waals surface area contributed by atoms with Crippen molar-refractivity contribution in [2.24, 2.45) is 0 Å². The summed E-state index contributed by atoms with van der Waals surface area (Å²) in [6, 6.07) is 8.03. The van der Waals surface area contributed by atoms with E-state index in [-0.39, 0.29) is 5.91 Å². The zero-order valence-electron chi connectivity index (χ0n) is 13.9. The highest BCUT2D eigenvalue weighted by atomic mass is 16.5. The lowest BCUT2D eigenvalue weighted by Crippen LogP contribution is -2.35. The Balaban J connectivity index is 2.37. The molecule has 0 unspecified atom stereocenters. The van der Waals surface area contributed by atoms with E-state index in [0.29, 0.717) is 26.3 Å². The molecule has 22 heavy (non-hydrogen) atoms. The maximum atomic E-state index is 12.0. The van der Waals surface area contributed by atoms with Crippen molar-refractivity contribution in [3.8, 4) is 0 Å². The van der Waals surface area contributed by atoms with Crippen molar-refractivity contribution in [1.29, 1.82) is 0 Å². The molecule has 0 aliphatic carbocycles. The van der Waals surface area contributed by atoms with E-state index >= 15 is 0 Å². The van der Waals surface area contributed by atoms with Crippen LogP contribution in [0.5, 0.6) is 0 Å². The van der Waals surface area contributed by atoms with Crippen molar-refractivity contribution >= 4 is 5.91 Å². The van der Waals surface area contributed by atoms with Gasteiger partial charge in [-0.3, -0.25) is 9.69 Å². The smallest absolute Gasteiger partial charge is 0.234 e. The Hall–Kier alpha value is -1.43. The molecule has 0 bridgehead atoms. The minimum Gasteiger partial charge on any atom is -0.385 e. The van der Waals surface area contributed by atoms with Crippen LogP contribution >= 0.6 is 0 Å². The molecule has 0 saturated carbocycles. The molecule has 0 radical (unpaired) electrons. The average molecular weight is 308 g/mol. The quantitative estimate of drug-likeness (QED) is 0.634. The summed E-state index contributed by atoms with van der Waals surface area (Å²) in [5.41, 5.74) is 2.23. The standard InChI is InChI=1S/C17H28N2O3/c1-4-22-14-16-9-6-5-8-15(16)12-18-17(20)13-19(2)10-7-11-21-3/h5-6,8-9H,4,7,10-14H2,1-3H3,(H,18,20). The van der Waals surface area contributed by atoms with Crippen LogP contribution in [0.3, 0.4) is 0 Å². The molecule has 0 aliphatic heterocycles. The molecule has 0 aliphatic rings. The number of nitrogens with one attached hydrogen (secondary N) is 1. The minimum atomic E-state index is 0.0335. The Morgan fingerprint density at radius 1 is 1.27 bits per heavy atom. The first-order chi connectivity index (χ1) is 10.7. The third-order valence-corrected chi connectivity index (χ3v) is 3.36. The number of benzene rings is 1. The molecule has 124 valence electrons. The molecule has 0 aromatic heterocycles. The van der Waals surface area contributed by atoms with E-state index in [9.17, 15) is 4.79 Å². The molecule has 0 spiro atoms. The molecule has 1 aromatic rings. The van der Waals surface area contributed by atoms with Crippen molar-refractivity contribution in [1.82, 2.24) is 10.2 Å². The number of likely N-dealkylation sites (N-methyl/N-ethyl adjacent to an activating group) is 1. The second-order valence-electron chi connectivity index (χ2n) is 5.27. The van der Waals surface area contributed by atoms with Crippen LogP contribution < -0.4 is 5.32 Å². The number of methoxy groups -OCH3 is 1. The van der Waals surface area contributed by atoms with Gasteiger partial charge in [-0.05, 0) is 31.5 Å². The molecule has 0 fully saturated rings. The Kier molecular flexibility index (Phi) is 9.46. The van der Waals surface area contributed by atoms with E-state index in [1.54, 1.807) is 7.11 Å². The lowest BCUT2D eigenvalue weighted by Gasteiger charge is -2.16. The van der Waals surface area contributed by atoms with Gasteiger partial charge < -0.3 is 14.8 Å². The number of amides is 1. The van der Waals surface area contributed by atoms with Crippen LogP contribution in [0.2, 0.25) is 0 Å². The third kappa shape index (κ3) is 7.54. The molecule has 1 amide bonds. The summed E-state index contributed by atoms with van der Waals surface area (Å²) in [6.45, 7) is 5.75. The first kappa shape index (κ1) is 18.6. The van der Waals surface area contributed by atoms with Gasteiger partial charge in [0.15, 0.2) is 0 Å². The molecule has 5 heteroatoms. The number of ether oxygens (including phenoxy) is 2. The van der Waals surface area contributed by atoms with Crippen LogP contribution in [0.15, 0.2) is 24.3 Å². The van der Waals surface area contributed by atoms with E-state index in [2.05, 4.69) is 5.32 Å². The van der Waals surface area contributed by atoms with E-state index < -0.39 is 0 Å². The average Bonchev–Trinajstić information content (AvgIpc) is 2.52. The number of rotatable bonds is 11. The van der Waals surface area contributed by atoms with E-state index in [0.717, 1.165) is 30.7 Å². The first-order valence-corrected chi connectivity index (χ1v) is 7.76. The largest absolute Gasteiger partial charge is 0.385 e. The van der Waals surface area contributed by atoms with Crippen LogP contribution in [0.25, 0.3) is 0 Å². The fourth-order valence-electron chi connectivity index (χ4n) is 2.14. The predicted octanol–water partition coefficient (Wildman–Crippen LogP) is 1.81. The van der Waals surface area contributed by atoms with Gasteiger partial charge in [0.05, 0.1) is 13.2 Å². The Morgan fingerprint density at radius 2 is 2.00 bits per heavy atom. The monoisotopic (exact) mass is 308 g/mol. The highest BCUT2D eigenvalue weighted by molar-refractivity contribution is 5.78. The second kappa shape index (κ2) is 11.2. The fourth-order valence-corrected chi connectivity index (χ4v) is 2.14. The van der Waals surface area contributed by atoms with Crippen molar-refractivity contribution in [3.05, 3.63) is 35.4 Å². The maximum Gasteiger partial charge on any atom is 0.234 e. The fraction of sp³-hybridized carbons (Fsp3) is 0.588. The van der Waals surface area contributed by atoms with Gasteiger partial charge in [-0.1, -0.05) is 24.3 Å². The zero-order chi connectivity index (χ0) is 16.2. The van der Waals surface area contributed by atoms with Gasteiger partial charge in [0.25, 0.3) is 0 Å². The van der Waals surface area contributed by atoms with E-state index in [1.807, 2.05) is 43.1 Å². The summed E-state index contributed by atoms with van der Waals surface area (Å²) in [5, 5.41) is 2.97. The van der Waals surface area contributed by atoms with Crippen molar-refractivity contribution in [2.45, 2.75) is 26.5 Å². The van der Waals surface area contributed by atoms with E-state index in [4.69, 9.17) is 9.47 Å². The van der Waals surface area contributed by atoms with Gasteiger partial charge in [-0.15, -0.1) is 0 Å². The molecular weight excluding hydrogens is 280 g/mol. The highest BCUT2D eigenvalue weighted by Crippen LogP contribution is 2.09. The van der Waals surface area contributed by atoms with Gasteiger partial charge in [0.1, 0.15) is 0 Å². The molecule has 1 aromatic carbocycles. The van der Waals surface area contributed by atoms with Gasteiger partial charge in [-0.25, -0.2) is 0 Å². The third-order valence-electron chi connectivity index (χ3n) is 3.36. The lowest BCUT2D eigenvalue weighted by atomic mass is 10.1. The van der Waals surface area contributed by atoms with Crippen LogP contribution in [-0.4, -0.2) is 51.3 Å². The van der Waals surface area contributed by atoms with E-state index in [1.165, 1.54) is 0 Å². The molecular formula is C17H28N2O3. The second-order valence-corrected chi connectivity index (χ2v) is 5.27. The number of carbonyl (C=O) groups is 1. The number of nitrogens with zero attached hydrogens (tertiary/aromatic N) is 1. The van der Waals surface area contributed by atoms with Crippen LogP contribution in [0.4, 0.5) is 0 Å². The van der Waals surface area contributed by atoms with Gasteiger partial charge >= 0.3 is 0 Å². The lowest BCUT2D eigenvalue weighted by molar-refractivity contribution is -0.122. The summed E-state index contributed by atoms with van der Waals surface area (Å²) in [4.78, 5) is 14.0. The van der Waals surface area contributed by atoms with Crippen LogP contribution in [0.1, 0.15) is 24.5 Å². The Morgan fingerprint density at radius 3 is 2.68 bits per heavy atom. The Bertz CT molecular complexity index is 438. The Labute approximate surface area is 133 Å². The van der Waals surface area contributed by atoms with Gasteiger partial charge in [-0.2, -0.15) is 0 Å².